The van der Waals surface area contributed by atoms with Crippen molar-refractivity contribution in [3.05, 3.63) is 54.1 Å². The molecule has 2 aromatic carbocycles. The minimum atomic E-state index is -4.01. The summed E-state index contributed by atoms with van der Waals surface area (Å²) in [7, 11) is -5.56. The Morgan fingerprint density at radius 3 is 1.86 bits per heavy atom. The molecule has 0 bridgehead atoms. The highest BCUT2D eigenvalue weighted by molar-refractivity contribution is 8.03. The van der Waals surface area contributed by atoms with Crippen LogP contribution in [-0.2, 0) is 19.8 Å². The largest absolute Gasteiger partial charge is 0.497 e. The summed E-state index contributed by atoms with van der Waals surface area (Å²) in [5, 5.41) is 0. The van der Waals surface area contributed by atoms with Gasteiger partial charge in [0.05, 0.1) is 21.7 Å². The van der Waals surface area contributed by atoms with Gasteiger partial charge in [-0.1, -0.05) is 17.7 Å². The van der Waals surface area contributed by atoms with Crippen LogP contribution in [0.15, 0.2) is 62.1 Å². The van der Waals surface area contributed by atoms with Gasteiger partial charge in [0.25, 0.3) is 10.0 Å². The Morgan fingerprint density at radius 2 is 1.36 bits per heavy atom. The summed E-state index contributed by atoms with van der Waals surface area (Å²) in [5.74, 6) is 0.537. The second kappa shape index (κ2) is 6.10. The average molecular weight is 339 g/mol. The average Bonchev–Trinajstić information content (AvgIpc) is 2.46. The molecule has 0 N–H and O–H groups in total. The van der Waals surface area contributed by atoms with E-state index in [2.05, 4.69) is 3.77 Å². The highest BCUT2D eigenvalue weighted by Gasteiger charge is 2.17. The molecule has 0 aromatic heterocycles. The summed E-state index contributed by atoms with van der Waals surface area (Å²) in [6.45, 7) is 1.90. The minimum Gasteiger partial charge on any atom is -0.497 e. The van der Waals surface area contributed by atoms with E-state index in [9.17, 15) is 12.6 Å². The molecule has 0 unspecified atom stereocenters. The van der Waals surface area contributed by atoms with Crippen LogP contribution >= 0.6 is 0 Å². The molecule has 0 radical (unpaired) electrons. The number of hydrogen-bond donors (Lipinski definition) is 0. The first-order valence-electron chi connectivity index (χ1n) is 6.44. The number of rotatable bonds is 4. The lowest BCUT2D eigenvalue weighted by Gasteiger charge is -2.06. The smallest absolute Gasteiger partial charge is 0.290 e. The zero-order chi connectivity index (χ0) is 16.4. The quantitative estimate of drug-likeness (QED) is 0.858. The Balaban J connectivity index is 2.48. The fourth-order valence-electron chi connectivity index (χ4n) is 1.81. The van der Waals surface area contributed by atoms with Crippen molar-refractivity contribution in [3.8, 4) is 5.75 Å². The lowest BCUT2D eigenvalue weighted by atomic mass is 10.2. The van der Waals surface area contributed by atoms with E-state index < -0.39 is 19.8 Å². The van der Waals surface area contributed by atoms with Crippen LogP contribution in [0.4, 0.5) is 0 Å². The Hall–Kier alpha value is -1.86. The first-order valence-corrected chi connectivity index (χ1v) is 9.80. The fraction of sp³-hybridized carbons (Fsp3) is 0.200. The Kier molecular flexibility index (Phi) is 4.58. The maximum Gasteiger partial charge on any atom is 0.290 e. The SMILES string of the molecule is COc1ccc(S(=O)(=O)N=[S@](C)(=O)c2ccc(C)cc2)cc1. The van der Waals surface area contributed by atoms with Gasteiger partial charge in [0, 0.05) is 11.2 Å². The predicted molar refractivity (Wildman–Crippen MR) is 86.1 cm³/mol. The fourth-order valence-corrected chi connectivity index (χ4v) is 5.12. The maximum absolute atomic E-state index is 12.6. The lowest BCUT2D eigenvalue weighted by molar-refractivity contribution is 0.414. The second-order valence-electron chi connectivity index (χ2n) is 4.84. The van der Waals surface area contributed by atoms with Crippen molar-refractivity contribution in [2.24, 2.45) is 3.77 Å². The third-order valence-corrected chi connectivity index (χ3v) is 6.99. The van der Waals surface area contributed by atoms with Crippen LogP contribution in [0, 0.1) is 6.92 Å². The number of nitrogens with zero attached hydrogens (tertiary/aromatic N) is 1. The van der Waals surface area contributed by atoms with Crippen LogP contribution in [-0.4, -0.2) is 26.0 Å². The monoisotopic (exact) mass is 339 g/mol. The summed E-state index contributed by atoms with van der Waals surface area (Å²) in [6.07, 6.45) is 1.32. The molecule has 0 saturated heterocycles. The van der Waals surface area contributed by atoms with Crippen molar-refractivity contribution in [3.63, 3.8) is 0 Å². The standard InChI is InChI=1S/C15H17NO4S2/c1-12-4-8-14(9-5-12)21(3,17)16-22(18,19)15-10-6-13(20-2)7-11-15/h4-11H,1-3H3/t21-/m1/s1. The van der Waals surface area contributed by atoms with Crippen molar-refractivity contribution < 1.29 is 17.4 Å². The molecule has 0 aliphatic heterocycles. The first kappa shape index (κ1) is 16.5. The van der Waals surface area contributed by atoms with Crippen LogP contribution in [0.3, 0.4) is 0 Å². The van der Waals surface area contributed by atoms with Gasteiger partial charge in [-0.05, 0) is 43.3 Å². The van der Waals surface area contributed by atoms with Gasteiger partial charge in [-0.25, -0.2) is 4.21 Å². The Morgan fingerprint density at radius 1 is 0.864 bits per heavy atom. The zero-order valence-electron chi connectivity index (χ0n) is 12.5. The van der Waals surface area contributed by atoms with Crippen LogP contribution in [0.1, 0.15) is 5.56 Å². The van der Waals surface area contributed by atoms with Crippen molar-refractivity contribution in [2.45, 2.75) is 16.7 Å². The van der Waals surface area contributed by atoms with Gasteiger partial charge >= 0.3 is 0 Å². The van der Waals surface area contributed by atoms with Crippen molar-refractivity contribution in [2.75, 3.05) is 13.4 Å². The third-order valence-electron chi connectivity index (χ3n) is 3.06. The van der Waals surface area contributed by atoms with Crippen molar-refractivity contribution in [1.29, 1.82) is 0 Å². The molecule has 5 nitrogen and oxygen atoms in total. The summed E-state index contributed by atoms with van der Waals surface area (Å²) in [4.78, 5) is 0.366. The number of benzene rings is 2. The maximum atomic E-state index is 12.6. The third kappa shape index (κ3) is 3.66. The molecular formula is C15H17NO4S2. The van der Waals surface area contributed by atoms with Gasteiger partial charge in [-0.15, -0.1) is 3.77 Å². The zero-order valence-corrected chi connectivity index (χ0v) is 14.1. The van der Waals surface area contributed by atoms with E-state index in [1.54, 1.807) is 24.3 Å². The molecule has 118 valence electrons. The molecule has 0 saturated carbocycles. The van der Waals surface area contributed by atoms with E-state index in [4.69, 9.17) is 4.74 Å². The van der Waals surface area contributed by atoms with Gasteiger partial charge in [-0.3, -0.25) is 0 Å². The molecule has 0 aliphatic rings. The van der Waals surface area contributed by atoms with Crippen LogP contribution in [0.2, 0.25) is 0 Å². The van der Waals surface area contributed by atoms with Crippen LogP contribution in [0.5, 0.6) is 5.75 Å². The summed E-state index contributed by atoms with van der Waals surface area (Å²) >= 11 is 0. The van der Waals surface area contributed by atoms with Crippen LogP contribution < -0.4 is 4.74 Å². The van der Waals surface area contributed by atoms with E-state index in [1.807, 2.05) is 6.92 Å². The normalized spacial score (nSPS) is 14.1. The topological polar surface area (TPSA) is 72.8 Å². The number of ether oxygens (including phenoxy) is 1. The van der Waals surface area contributed by atoms with Gasteiger partial charge in [-0.2, -0.15) is 8.42 Å². The summed E-state index contributed by atoms with van der Waals surface area (Å²) < 4.78 is 45.8. The van der Waals surface area contributed by atoms with Crippen molar-refractivity contribution >= 4 is 19.8 Å². The summed E-state index contributed by atoms with van der Waals surface area (Å²) in [6, 6.07) is 12.6. The number of aryl methyl sites for hydroxylation is 1. The molecule has 0 heterocycles. The molecule has 0 spiro atoms. The Bertz CT molecular complexity index is 876. The van der Waals surface area contributed by atoms with Gasteiger partial charge in [0.15, 0.2) is 0 Å². The lowest BCUT2D eigenvalue weighted by Crippen LogP contribution is -2.05. The molecule has 7 heteroatoms. The molecule has 1 atom stereocenters. The number of methoxy groups -OCH3 is 1. The predicted octanol–water partition coefficient (Wildman–Crippen LogP) is 2.85. The van der Waals surface area contributed by atoms with E-state index in [-0.39, 0.29) is 4.90 Å². The number of sulfonamides is 1. The van der Waals surface area contributed by atoms with Gasteiger partial charge < -0.3 is 4.74 Å². The highest BCUT2D eigenvalue weighted by Crippen LogP contribution is 2.21. The molecule has 0 aliphatic carbocycles. The molecular weight excluding hydrogens is 322 g/mol. The van der Waals surface area contributed by atoms with E-state index >= 15 is 0 Å². The number of hydrogen-bond acceptors (Lipinski definition) is 4. The minimum absolute atomic E-state index is 0.0185. The van der Waals surface area contributed by atoms with Crippen molar-refractivity contribution in [1.82, 2.24) is 0 Å². The molecule has 22 heavy (non-hydrogen) atoms. The van der Waals surface area contributed by atoms with Gasteiger partial charge in [0.1, 0.15) is 5.75 Å². The first-order chi connectivity index (χ1) is 10.2. The summed E-state index contributed by atoms with van der Waals surface area (Å²) in [5.41, 5.74) is 0.997. The van der Waals surface area contributed by atoms with Gasteiger partial charge in [0.2, 0.25) is 0 Å². The molecule has 0 amide bonds. The molecule has 2 aromatic rings. The molecule has 0 fully saturated rings. The van der Waals surface area contributed by atoms with E-state index in [0.29, 0.717) is 10.6 Å². The van der Waals surface area contributed by atoms with E-state index in [0.717, 1.165) is 5.56 Å². The van der Waals surface area contributed by atoms with E-state index in [1.165, 1.54) is 37.6 Å². The Labute approximate surface area is 131 Å². The van der Waals surface area contributed by atoms with Crippen LogP contribution in [0.25, 0.3) is 0 Å². The highest BCUT2D eigenvalue weighted by atomic mass is 32.3. The molecule has 2 rings (SSSR count). The second-order valence-corrected chi connectivity index (χ2v) is 8.93.